The highest BCUT2D eigenvalue weighted by Gasteiger charge is 2.08. The molecule has 0 saturated heterocycles. The summed E-state index contributed by atoms with van der Waals surface area (Å²) in [5.41, 5.74) is 1.99. The van der Waals surface area contributed by atoms with Crippen LogP contribution in [0.3, 0.4) is 0 Å². The van der Waals surface area contributed by atoms with Crippen molar-refractivity contribution in [3.8, 4) is 6.07 Å². The monoisotopic (exact) mass is 272 g/mol. The Morgan fingerprint density at radius 3 is 2.90 bits per heavy atom. The highest BCUT2D eigenvalue weighted by Crippen LogP contribution is 2.11. The summed E-state index contributed by atoms with van der Waals surface area (Å²) in [4.78, 5) is 12.7. The predicted octanol–water partition coefficient (Wildman–Crippen LogP) is 2.77. The number of carbonyl (C=O) groups is 1. The fraction of sp³-hybridized carbons (Fsp3) is 0.375. The van der Waals surface area contributed by atoms with Gasteiger partial charge in [0.2, 0.25) is 0 Å². The second-order valence-electron chi connectivity index (χ2n) is 4.77. The van der Waals surface area contributed by atoms with E-state index in [1.165, 1.54) is 0 Å². The summed E-state index contributed by atoms with van der Waals surface area (Å²) in [6, 6.07) is 10.0. The van der Waals surface area contributed by atoms with Gasteiger partial charge >= 0.3 is 5.97 Å². The second-order valence-corrected chi connectivity index (χ2v) is 4.77. The Kier molecular flexibility index (Phi) is 6.48. The van der Waals surface area contributed by atoms with Crippen molar-refractivity contribution in [2.75, 3.05) is 13.1 Å². The summed E-state index contributed by atoms with van der Waals surface area (Å²) in [6.07, 6.45) is 2.72. The summed E-state index contributed by atoms with van der Waals surface area (Å²) in [5, 5.41) is 17.5. The van der Waals surface area contributed by atoms with E-state index >= 15 is 0 Å². The lowest BCUT2D eigenvalue weighted by Gasteiger charge is -2.21. The van der Waals surface area contributed by atoms with Crippen LogP contribution in [0.2, 0.25) is 0 Å². The van der Waals surface area contributed by atoms with Crippen molar-refractivity contribution in [2.45, 2.75) is 20.4 Å². The number of nitrogens with zero attached hydrogens (tertiary/aromatic N) is 2. The Bertz CT molecular complexity index is 517. The van der Waals surface area contributed by atoms with Crippen LogP contribution in [0.1, 0.15) is 25.0 Å². The van der Waals surface area contributed by atoms with Gasteiger partial charge in [0, 0.05) is 19.2 Å². The minimum Gasteiger partial charge on any atom is -0.478 e. The quantitative estimate of drug-likeness (QED) is 0.775. The lowest BCUT2D eigenvalue weighted by atomic mass is 10.1. The summed E-state index contributed by atoms with van der Waals surface area (Å²) >= 11 is 0. The van der Waals surface area contributed by atoms with Gasteiger partial charge < -0.3 is 5.11 Å². The molecule has 1 rings (SSSR count). The average molecular weight is 272 g/mol. The molecule has 0 spiro atoms. The van der Waals surface area contributed by atoms with E-state index in [0.29, 0.717) is 0 Å². The molecule has 4 heteroatoms. The molecule has 20 heavy (non-hydrogen) atoms. The van der Waals surface area contributed by atoms with E-state index in [4.69, 9.17) is 10.4 Å². The molecular formula is C16H20N2O2. The third kappa shape index (κ3) is 5.68. The predicted molar refractivity (Wildman–Crippen MR) is 78.8 cm³/mol. The molecule has 0 fully saturated rings. The van der Waals surface area contributed by atoms with Crippen molar-refractivity contribution in [1.29, 1.82) is 5.26 Å². The maximum Gasteiger partial charge on any atom is 0.328 e. The van der Waals surface area contributed by atoms with Gasteiger partial charge in [0.05, 0.1) is 12.0 Å². The van der Waals surface area contributed by atoms with Gasteiger partial charge in [-0.3, -0.25) is 4.90 Å². The third-order valence-electron chi connectivity index (χ3n) is 2.98. The van der Waals surface area contributed by atoms with Crippen LogP contribution in [-0.4, -0.2) is 29.1 Å². The summed E-state index contributed by atoms with van der Waals surface area (Å²) in [7, 11) is 0. The number of carboxylic acid groups (broad SMARTS) is 1. The van der Waals surface area contributed by atoms with Crippen molar-refractivity contribution in [3.63, 3.8) is 0 Å². The molecule has 0 aliphatic heterocycles. The molecule has 0 aliphatic rings. The molecule has 4 nitrogen and oxygen atoms in total. The van der Waals surface area contributed by atoms with Gasteiger partial charge in [-0.05, 0) is 30.7 Å². The Morgan fingerprint density at radius 2 is 2.30 bits per heavy atom. The maximum atomic E-state index is 10.5. The summed E-state index contributed by atoms with van der Waals surface area (Å²) < 4.78 is 0. The van der Waals surface area contributed by atoms with Crippen LogP contribution in [0.5, 0.6) is 0 Å². The molecule has 0 heterocycles. The Balaban J connectivity index is 2.74. The third-order valence-corrected chi connectivity index (χ3v) is 2.98. The molecule has 1 N–H and O–H groups in total. The van der Waals surface area contributed by atoms with Crippen molar-refractivity contribution in [1.82, 2.24) is 4.90 Å². The van der Waals surface area contributed by atoms with E-state index in [2.05, 4.69) is 17.9 Å². The average Bonchev–Trinajstić information content (AvgIpc) is 2.44. The van der Waals surface area contributed by atoms with Crippen molar-refractivity contribution < 1.29 is 9.90 Å². The first-order valence-corrected chi connectivity index (χ1v) is 6.67. The van der Waals surface area contributed by atoms with Crippen LogP contribution in [0.25, 0.3) is 6.08 Å². The lowest BCUT2D eigenvalue weighted by Crippen LogP contribution is -2.27. The maximum absolute atomic E-state index is 10.5. The van der Waals surface area contributed by atoms with Crippen LogP contribution >= 0.6 is 0 Å². The number of carboxylic acids is 1. The first kappa shape index (κ1) is 15.9. The lowest BCUT2D eigenvalue weighted by molar-refractivity contribution is -0.131. The summed E-state index contributed by atoms with van der Waals surface area (Å²) in [5.74, 6) is -0.946. The van der Waals surface area contributed by atoms with E-state index < -0.39 is 5.97 Å². The van der Waals surface area contributed by atoms with E-state index in [-0.39, 0.29) is 5.92 Å². The Morgan fingerprint density at radius 1 is 1.55 bits per heavy atom. The minimum atomic E-state index is -0.951. The molecule has 0 radical (unpaired) electrons. The minimum absolute atomic E-state index is 0.00467. The van der Waals surface area contributed by atoms with Gasteiger partial charge in [0.15, 0.2) is 0 Å². The zero-order valence-electron chi connectivity index (χ0n) is 11.9. The van der Waals surface area contributed by atoms with Crippen molar-refractivity contribution in [3.05, 3.63) is 41.5 Å². The highest BCUT2D eigenvalue weighted by molar-refractivity contribution is 5.85. The number of aliphatic carboxylic acids is 1. The van der Waals surface area contributed by atoms with Crippen LogP contribution < -0.4 is 0 Å². The number of hydrogen-bond acceptors (Lipinski definition) is 3. The largest absolute Gasteiger partial charge is 0.478 e. The standard InChI is InChI=1S/C16H20N2O2/c1-3-18(11-13(2)10-17)12-15-6-4-5-14(9-15)7-8-16(19)20/h4-9,13H,3,11-12H2,1-2H3,(H,19,20). The van der Waals surface area contributed by atoms with Gasteiger partial charge in [-0.1, -0.05) is 31.2 Å². The molecule has 0 aliphatic carbocycles. The normalized spacial score (nSPS) is 12.5. The SMILES string of the molecule is CCN(Cc1cccc(C=CC(=O)O)c1)CC(C)C#N. The van der Waals surface area contributed by atoms with Crippen LogP contribution in [0.15, 0.2) is 30.3 Å². The van der Waals surface area contributed by atoms with E-state index in [1.54, 1.807) is 6.08 Å². The van der Waals surface area contributed by atoms with E-state index in [1.807, 2.05) is 31.2 Å². The van der Waals surface area contributed by atoms with Crippen LogP contribution in [0.4, 0.5) is 0 Å². The molecule has 0 amide bonds. The second kappa shape index (κ2) is 8.13. The number of benzene rings is 1. The van der Waals surface area contributed by atoms with E-state index in [0.717, 1.165) is 36.8 Å². The summed E-state index contributed by atoms with van der Waals surface area (Å²) in [6.45, 7) is 6.35. The fourth-order valence-electron chi connectivity index (χ4n) is 1.95. The molecule has 0 saturated carbocycles. The Hall–Kier alpha value is -2.12. The van der Waals surface area contributed by atoms with Crippen LogP contribution in [-0.2, 0) is 11.3 Å². The smallest absolute Gasteiger partial charge is 0.328 e. The van der Waals surface area contributed by atoms with Gasteiger partial charge in [-0.25, -0.2) is 4.79 Å². The van der Waals surface area contributed by atoms with Crippen LogP contribution in [0, 0.1) is 17.2 Å². The molecule has 1 aromatic carbocycles. The van der Waals surface area contributed by atoms with Gasteiger partial charge in [-0.2, -0.15) is 5.26 Å². The first-order chi connectivity index (χ1) is 9.55. The molecule has 1 aromatic rings. The Labute approximate surface area is 119 Å². The van der Waals surface area contributed by atoms with E-state index in [9.17, 15) is 4.79 Å². The number of nitriles is 1. The van der Waals surface area contributed by atoms with Gasteiger partial charge in [0.1, 0.15) is 0 Å². The molecule has 1 atom stereocenters. The highest BCUT2D eigenvalue weighted by atomic mass is 16.4. The molecule has 106 valence electrons. The number of hydrogen-bond donors (Lipinski definition) is 1. The topological polar surface area (TPSA) is 64.3 Å². The molecular weight excluding hydrogens is 252 g/mol. The molecule has 0 bridgehead atoms. The van der Waals surface area contributed by atoms with Gasteiger partial charge in [-0.15, -0.1) is 0 Å². The zero-order valence-corrected chi connectivity index (χ0v) is 11.9. The fourth-order valence-corrected chi connectivity index (χ4v) is 1.95. The van der Waals surface area contributed by atoms with Gasteiger partial charge in [0.25, 0.3) is 0 Å². The number of rotatable bonds is 7. The molecule has 0 aromatic heterocycles. The van der Waals surface area contributed by atoms with Crippen molar-refractivity contribution in [2.24, 2.45) is 5.92 Å². The van der Waals surface area contributed by atoms with Crippen molar-refractivity contribution >= 4 is 12.0 Å². The zero-order chi connectivity index (χ0) is 15.0. The first-order valence-electron chi connectivity index (χ1n) is 6.67. The molecule has 1 unspecified atom stereocenters.